The minimum Gasteiger partial charge on any atom is -0.458 e. The minimum atomic E-state index is -0.342. The fraction of sp³-hybridized carbons (Fsp3) is 0.0417. The van der Waals surface area contributed by atoms with Gasteiger partial charge in [0.15, 0.2) is 0 Å². The number of carbonyl (C=O) groups excluding carboxylic acids is 1. The molecule has 0 aromatic heterocycles. The van der Waals surface area contributed by atoms with Crippen LogP contribution in [0.1, 0.15) is 11.1 Å². The fourth-order valence-electron chi connectivity index (χ4n) is 3.18. The van der Waals surface area contributed by atoms with Crippen LogP contribution < -0.4 is 0 Å². The van der Waals surface area contributed by atoms with E-state index in [2.05, 4.69) is 30.3 Å². The average Bonchev–Trinajstić information content (AvgIpc) is 2.71. The summed E-state index contributed by atoms with van der Waals surface area (Å²) in [6.45, 7) is 0.253. The van der Waals surface area contributed by atoms with Crippen molar-refractivity contribution >= 4 is 33.6 Å². The monoisotopic (exact) mass is 338 g/mol. The summed E-state index contributed by atoms with van der Waals surface area (Å²) in [5.41, 5.74) is 1.99. The Morgan fingerprint density at radius 3 is 2.23 bits per heavy atom. The van der Waals surface area contributed by atoms with E-state index in [-0.39, 0.29) is 12.6 Å². The van der Waals surface area contributed by atoms with Crippen LogP contribution in [-0.2, 0) is 16.1 Å². The molecular weight excluding hydrogens is 320 g/mol. The maximum atomic E-state index is 12.1. The number of ether oxygens (including phenoxy) is 1. The molecule has 26 heavy (non-hydrogen) atoms. The van der Waals surface area contributed by atoms with E-state index in [9.17, 15) is 4.79 Å². The van der Waals surface area contributed by atoms with E-state index in [0.717, 1.165) is 21.9 Å². The van der Waals surface area contributed by atoms with Crippen molar-refractivity contribution in [3.63, 3.8) is 0 Å². The van der Waals surface area contributed by atoms with Crippen molar-refractivity contribution in [2.45, 2.75) is 6.61 Å². The molecule has 0 fully saturated rings. The van der Waals surface area contributed by atoms with Crippen LogP contribution in [-0.4, -0.2) is 5.97 Å². The van der Waals surface area contributed by atoms with Gasteiger partial charge in [-0.2, -0.15) is 0 Å². The van der Waals surface area contributed by atoms with Crippen LogP contribution in [0.25, 0.3) is 27.6 Å². The van der Waals surface area contributed by atoms with E-state index in [0.29, 0.717) is 0 Å². The summed E-state index contributed by atoms with van der Waals surface area (Å²) >= 11 is 0. The van der Waals surface area contributed by atoms with Crippen LogP contribution in [0.2, 0.25) is 0 Å². The van der Waals surface area contributed by atoms with Gasteiger partial charge >= 0.3 is 5.97 Å². The van der Waals surface area contributed by atoms with Gasteiger partial charge in [0.2, 0.25) is 0 Å². The molecule has 0 heterocycles. The number of hydrogen-bond donors (Lipinski definition) is 0. The van der Waals surface area contributed by atoms with Gasteiger partial charge in [-0.25, -0.2) is 4.79 Å². The molecule has 0 aliphatic rings. The molecule has 0 bridgehead atoms. The molecule has 2 heteroatoms. The molecule has 0 N–H and O–H groups in total. The Bertz CT molecular complexity index is 1090. The van der Waals surface area contributed by atoms with Crippen LogP contribution in [0.3, 0.4) is 0 Å². The molecule has 126 valence electrons. The highest BCUT2D eigenvalue weighted by molar-refractivity contribution is 6.08. The second-order valence-electron chi connectivity index (χ2n) is 6.15. The predicted octanol–water partition coefficient (Wildman–Crippen LogP) is 5.75. The van der Waals surface area contributed by atoms with E-state index in [1.54, 1.807) is 6.08 Å². The quantitative estimate of drug-likeness (QED) is 0.269. The summed E-state index contributed by atoms with van der Waals surface area (Å²) in [5.74, 6) is -0.342. The van der Waals surface area contributed by atoms with Crippen molar-refractivity contribution < 1.29 is 9.53 Å². The number of benzene rings is 4. The molecule has 0 spiro atoms. The van der Waals surface area contributed by atoms with Gasteiger partial charge in [0.25, 0.3) is 0 Å². The molecule has 2 nitrogen and oxygen atoms in total. The number of fused-ring (bicyclic) bond motifs is 3. The lowest BCUT2D eigenvalue weighted by atomic mass is 9.98. The van der Waals surface area contributed by atoms with Gasteiger partial charge in [0.1, 0.15) is 6.61 Å². The Morgan fingerprint density at radius 2 is 1.42 bits per heavy atom. The van der Waals surface area contributed by atoms with Gasteiger partial charge in [0.05, 0.1) is 0 Å². The highest BCUT2D eigenvalue weighted by Crippen LogP contribution is 2.29. The van der Waals surface area contributed by atoms with Crippen molar-refractivity contribution in [1.82, 2.24) is 0 Å². The summed E-state index contributed by atoms with van der Waals surface area (Å²) in [6.07, 6.45) is 3.24. The molecule has 4 aromatic rings. The van der Waals surface area contributed by atoms with Gasteiger partial charge in [-0.1, -0.05) is 78.9 Å². The van der Waals surface area contributed by atoms with Crippen molar-refractivity contribution in [2.24, 2.45) is 0 Å². The maximum Gasteiger partial charge on any atom is 0.331 e. The lowest BCUT2D eigenvalue weighted by Crippen LogP contribution is -2.01. The molecule has 4 aromatic carbocycles. The van der Waals surface area contributed by atoms with Gasteiger partial charge in [-0.15, -0.1) is 0 Å². The van der Waals surface area contributed by atoms with Crippen LogP contribution in [0.4, 0.5) is 0 Å². The second kappa shape index (κ2) is 7.24. The topological polar surface area (TPSA) is 26.3 Å². The van der Waals surface area contributed by atoms with E-state index >= 15 is 0 Å². The molecule has 0 amide bonds. The van der Waals surface area contributed by atoms with Crippen LogP contribution in [0, 0.1) is 0 Å². The third-order valence-electron chi connectivity index (χ3n) is 4.44. The number of carbonyl (C=O) groups is 1. The Morgan fingerprint density at radius 1 is 0.769 bits per heavy atom. The Kier molecular flexibility index (Phi) is 4.48. The smallest absolute Gasteiger partial charge is 0.331 e. The largest absolute Gasteiger partial charge is 0.458 e. The third-order valence-corrected chi connectivity index (χ3v) is 4.44. The molecule has 0 radical (unpaired) electrons. The number of esters is 1. The van der Waals surface area contributed by atoms with Crippen molar-refractivity contribution in [1.29, 1.82) is 0 Å². The molecule has 0 aliphatic heterocycles. The Labute approximate surface area is 152 Å². The average molecular weight is 338 g/mol. The van der Waals surface area contributed by atoms with E-state index in [1.165, 1.54) is 16.8 Å². The third kappa shape index (κ3) is 3.35. The molecule has 0 aliphatic carbocycles. The van der Waals surface area contributed by atoms with Crippen molar-refractivity contribution in [3.8, 4) is 0 Å². The Hall–Kier alpha value is -3.39. The molecule has 0 saturated carbocycles. The predicted molar refractivity (Wildman–Crippen MR) is 107 cm³/mol. The van der Waals surface area contributed by atoms with Crippen LogP contribution in [0.15, 0.2) is 91.0 Å². The molecule has 0 atom stereocenters. The normalized spacial score (nSPS) is 11.2. The van der Waals surface area contributed by atoms with E-state index < -0.39 is 0 Å². The van der Waals surface area contributed by atoms with Gasteiger partial charge < -0.3 is 4.74 Å². The minimum absolute atomic E-state index is 0.253. The first-order chi connectivity index (χ1) is 12.8. The van der Waals surface area contributed by atoms with Gasteiger partial charge in [-0.3, -0.25) is 0 Å². The first-order valence-corrected chi connectivity index (χ1v) is 8.60. The number of hydrogen-bond acceptors (Lipinski definition) is 2. The molecule has 4 rings (SSSR count). The van der Waals surface area contributed by atoms with Gasteiger partial charge in [0, 0.05) is 6.08 Å². The first-order valence-electron chi connectivity index (χ1n) is 8.60. The summed E-state index contributed by atoms with van der Waals surface area (Å²) in [5, 5.41) is 4.65. The lowest BCUT2D eigenvalue weighted by Gasteiger charge is -2.10. The van der Waals surface area contributed by atoms with Crippen molar-refractivity contribution in [2.75, 3.05) is 0 Å². The molecule has 0 saturated heterocycles. The highest BCUT2D eigenvalue weighted by Gasteiger charge is 2.07. The summed E-state index contributed by atoms with van der Waals surface area (Å²) in [7, 11) is 0. The molecular formula is C24H18O2. The zero-order valence-electron chi connectivity index (χ0n) is 14.3. The fourth-order valence-corrected chi connectivity index (χ4v) is 3.18. The highest BCUT2D eigenvalue weighted by atomic mass is 16.5. The maximum absolute atomic E-state index is 12.1. The summed E-state index contributed by atoms with van der Waals surface area (Å²) < 4.78 is 5.48. The lowest BCUT2D eigenvalue weighted by molar-refractivity contribution is -0.138. The number of rotatable bonds is 4. The first kappa shape index (κ1) is 16.1. The summed E-state index contributed by atoms with van der Waals surface area (Å²) in [6, 6.07) is 28.3. The van der Waals surface area contributed by atoms with Gasteiger partial charge in [-0.05, 0) is 44.8 Å². The zero-order valence-corrected chi connectivity index (χ0v) is 14.3. The van der Waals surface area contributed by atoms with Crippen LogP contribution >= 0.6 is 0 Å². The summed E-state index contributed by atoms with van der Waals surface area (Å²) in [4.78, 5) is 12.1. The zero-order chi connectivity index (χ0) is 17.8. The van der Waals surface area contributed by atoms with Crippen LogP contribution in [0.5, 0.6) is 0 Å². The van der Waals surface area contributed by atoms with E-state index in [4.69, 9.17) is 4.74 Å². The SMILES string of the molecule is O=C(/C=C/c1ccccc1)OCc1cc2ccccc2c2ccccc12. The molecule has 0 unspecified atom stereocenters. The second-order valence-corrected chi connectivity index (χ2v) is 6.15. The standard InChI is InChI=1S/C24H18O2/c25-24(15-14-18-8-2-1-3-9-18)26-17-20-16-19-10-4-5-11-21(19)23-13-7-6-12-22(20)23/h1-16H,17H2/b15-14+. The van der Waals surface area contributed by atoms with Crippen molar-refractivity contribution in [3.05, 3.63) is 102 Å². The van der Waals surface area contributed by atoms with E-state index in [1.807, 2.05) is 54.6 Å². The Balaban J connectivity index is 1.58.